The van der Waals surface area contributed by atoms with Crippen LogP contribution < -0.4 is 14.8 Å². The summed E-state index contributed by atoms with van der Waals surface area (Å²) in [4.78, 5) is 0. The number of hydrogen-bond acceptors (Lipinski definition) is 5. The maximum absolute atomic E-state index is 5.40. The van der Waals surface area contributed by atoms with Crippen molar-refractivity contribution < 1.29 is 14.0 Å². The van der Waals surface area contributed by atoms with Crippen molar-refractivity contribution in [2.75, 3.05) is 20.8 Å². The Hall–Kier alpha value is -2.79. The monoisotopic (exact) mass is 338 g/mol. The molecular weight excluding hydrogens is 316 g/mol. The van der Waals surface area contributed by atoms with Gasteiger partial charge in [0.15, 0.2) is 5.76 Å². The molecule has 1 aromatic heterocycles. The third-order valence-electron chi connectivity index (χ3n) is 3.99. The Labute approximate surface area is 147 Å². The first-order valence-electron chi connectivity index (χ1n) is 8.22. The Morgan fingerprint density at radius 2 is 1.56 bits per heavy atom. The van der Waals surface area contributed by atoms with Crippen molar-refractivity contribution in [1.82, 2.24) is 10.5 Å². The van der Waals surface area contributed by atoms with Gasteiger partial charge in [-0.1, -0.05) is 17.3 Å². The van der Waals surface area contributed by atoms with Crippen LogP contribution >= 0.6 is 0 Å². The molecular formula is C20H22N2O3. The van der Waals surface area contributed by atoms with Gasteiger partial charge in [0.2, 0.25) is 0 Å². The number of rotatable bonds is 8. The highest BCUT2D eigenvalue weighted by Crippen LogP contribution is 2.22. The molecule has 1 heterocycles. The lowest BCUT2D eigenvalue weighted by Crippen LogP contribution is -2.16. The van der Waals surface area contributed by atoms with Crippen LogP contribution in [0, 0.1) is 0 Å². The molecule has 0 amide bonds. The summed E-state index contributed by atoms with van der Waals surface area (Å²) in [5.41, 5.74) is 3.11. The van der Waals surface area contributed by atoms with Crippen LogP contribution in [0.25, 0.3) is 11.3 Å². The molecule has 3 aromatic rings. The first kappa shape index (κ1) is 17.0. The third kappa shape index (κ3) is 4.61. The van der Waals surface area contributed by atoms with Gasteiger partial charge in [0.1, 0.15) is 17.2 Å². The van der Waals surface area contributed by atoms with Gasteiger partial charge in [-0.2, -0.15) is 0 Å². The molecule has 0 saturated carbocycles. The second-order valence-corrected chi connectivity index (χ2v) is 5.68. The predicted octanol–water partition coefficient (Wildman–Crippen LogP) is 3.69. The standard InChI is InChI=1S/C20H22N2O3/c1-23-17-7-3-15(4-8-17)11-12-21-14-19-13-20(22-25-19)16-5-9-18(24-2)10-6-16/h3-10,13,21H,11-12,14H2,1-2H3. The van der Waals surface area contributed by atoms with E-state index in [4.69, 9.17) is 14.0 Å². The summed E-state index contributed by atoms with van der Waals surface area (Å²) < 4.78 is 15.7. The molecule has 0 bridgehead atoms. The normalized spacial score (nSPS) is 10.6. The smallest absolute Gasteiger partial charge is 0.151 e. The summed E-state index contributed by atoms with van der Waals surface area (Å²) in [6.07, 6.45) is 0.948. The average molecular weight is 338 g/mol. The van der Waals surface area contributed by atoms with Crippen molar-refractivity contribution in [2.45, 2.75) is 13.0 Å². The molecule has 0 unspecified atom stereocenters. The molecule has 0 atom stereocenters. The molecule has 1 N–H and O–H groups in total. The van der Waals surface area contributed by atoms with Gasteiger partial charge in [0, 0.05) is 11.6 Å². The van der Waals surface area contributed by atoms with Crippen LogP contribution in [0.15, 0.2) is 59.1 Å². The van der Waals surface area contributed by atoms with E-state index in [2.05, 4.69) is 22.6 Å². The molecule has 0 saturated heterocycles. The zero-order valence-electron chi connectivity index (χ0n) is 14.5. The van der Waals surface area contributed by atoms with E-state index in [1.165, 1.54) is 5.56 Å². The first-order chi connectivity index (χ1) is 12.3. The lowest BCUT2D eigenvalue weighted by molar-refractivity contribution is 0.375. The second kappa shape index (κ2) is 8.35. The molecule has 2 aromatic carbocycles. The summed E-state index contributed by atoms with van der Waals surface area (Å²) in [5.74, 6) is 2.53. The number of methoxy groups -OCH3 is 2. The van der Waals surface area contributed by atoms with E-state index in [1.807, 2.05) is 42.5 Å². The Bertz CT molecular complexity index is 779. The molecule has 3 rings (SSSR count). The quantitative estimate of drug-likeness (QED) is 0.635. The maximum Gasteiger partial charge on any atom is 0.151 e. The zero-order valence-corrected chi connectivity index (χ0v) is 14.5. The highest BCUT2D eigenvalue weighted by Gasteiger charge is 2.06. The maximum atomic E-state index is 5.40. The largest absolute Gasteiger partial charge is 0.497 e. The minimum atomic E-state index is 0.652. The Morgan fingerprint density at radius 3 is 2.20 bits per heavy atom. The highest BCUT2D eigenvalue weighted by atomic mass is 16.5. The van der Waals surface area contributed by atoms with Crippen molar-refractivity contribution in [3.63, 3.8) is 0 Å². The van der Waals surface area contributed by atoms with E-state index in [9.17, 15) is 0 Å². The van der Waals surface area contributed by atoms with Crippen LogP contribution in [0.3, 0.4) is 0 Å². The third-order valence-corrected chi connectivity index (χ3v) is 3.99. The fourth-order valence-corrected chi connectivity index (χ4v) is 2.53. The Balaban J connectivity index is 1.47. The van der Waals surface area contributed by atoms with E-state index in [0.29, 0.717) is 6.54 Å². The van der Waals surface area contributed by atoms with Crippen LogP contribution in [0.2, 0.25) is 0 Å². The van der Waals surface area contributed by atoms with E-state index in [0.717, 1.165) is 41.5 Å². The van der Waals surface area contributed by atoms with Gasteiger partial charge in [0.25, 0.3) is 0 Å². The van der Waals surface area contributed by atoms with Crippen LogP contribution in [0.5, 0.6) is 11.5 Å². The lowest BCUT2D eigenvalue weighted by atomic mass is 10.1. The first-order valence-corrected chi connectivity index (χ1v) is 8.22. The molecule has 0 fully saturated rings. The van der Waals surface area contributed by atoms with E-state index in [-0.39, 0.29) is 0 Å². The van der Waals surface area contributed by atoms with Crippen LogP contribution in [0.4, 0.5) is 0 Å². The Morgan fingerprint density at radius 1 is 0.920 bits per heavy atom. The van der Waals surface area contributed by atoms with Gasteiger partial charge < -0.3 is 19.3 Å². The zero-order chi connectivity index (χ0) is 17.5. The number of nitrogens with one attached hydrogen (secondary N) is 1. The van der Waals surface area contributed by atoms with Gasteiger partial charge in [0.05, 0.1) is 20.8 Å². The number of ether oxygens (including phenoxy) is 2. The van der Waals surface area contributed by atoms with Crippen molar-refractivity contribution >= 4 is 0 Å². The molecule has 5 nitrogen and oxygen atoms in total. The molecule has 0 spiro atoms. The van der Waals surface area contributed by atoms with Gasteiger partial charge in [-0.25, -0.2) is 0 Å². The van der Waals surface area contributed by atoms with Gasteiger partial charge in [-0.05, 0) is 54.9 Å². The fraction of sp³-hybridized carbons (Fsp3) is 0.250. The predicted molar refractivity (Wildman–Crippen MR) is 96.9 cm³/mol. The number of nitrogens with zero attached hydrogens (tertiary/aromatic N) is 1. The van der Waals surface area contributed by atoms with Crippen molar-refractivity contribution in [2.24, 2.45) is 0 Å². The van der Waals surface area contributed by atoms with Crippen molar-refractivity contribution in [1.29, 1.82) is 0 Å². The van der Waals surface area contributed by atoms with E-state index < -0.39 is 0 Å². The highest BCUT2D eigenvalue weighted by molar-refractivity contribution is 5.59. The summed E-state index contributed by atoms with van der Waals surface area (Å²) in [6.45, 7) is 1.52. The number of aromatic nitrogens is 1. The molecule has 130 valence electrons. The van der Waals surface area contributed by atoms with E-state index >= 15 is 0 Å². The van der Waals surface area contributed by atoms with Gasteiger partial charge >= 0.3 is 0 Å². The minimum Gasteiger partial charge on any atom is -0.497 e. The van der Waals surface area contributed by atoms with Crippen LogP contribution in [-0.4, -0.2) is 25.9 Å². The average Bonchev–Trinajstić information content (AvgIpc) is 3.15. The molecule has 0 aliphatic heterocycles. The summed E-state index contributed by atoms with van der Waals surface area (Å²) in [5, 5.41) is 7.51. The van der Waals surface area contributed by atoms with Crippen molar-refractivity contribution in [3.8, 4) is 22.8 Å². The molecule has 0 radical (unpaired) electrons. The number of hydrogen-bond donors (Lipinski definition) is 1. The summed E-state index contributed by atoms with van der Waals surface area (Å²) in [6, 6.07) is 17.8. The van der Waals surface area contributed by atoms with Gasteiger partial charge in [-0.3, -0.25) is 0 Å². The topological polar surface area (TPSA) is 56.5 Å². The Kier molecular flexibility index (Phi) is 5.69. The molecule has 25 heavy (non-hydrogen) atoms. The van der Waals surface area contributed by atoms with Gasteiger partial charge in [-0.15, -0.1) is 0 Å². The lowest BCUT2D eigenvalue weighted by Gasteiger charge is -2.04. The minimum absolute atomic E-state index is 0.652. The molecule has 0 aliphatic rings. The number of benzene rings is 2. The summed E-state index contributed by atoms with van der Waals surface area (Å²) >= 11 is 0. The fourth-order valence-electron chi connectivity index (χ4n) is 2.53. The van der Waals surface area contributed by atoms with Crippen LogP contribution in [-0.2, 0) is 13.0 Å². The molecule has 0 aliphatic carbocycles. The van der Waals surface area contributed by atoms with E-state index in [1.54, 1.807) is 14.2 Å². The second-order valence-electron chi connectivity index (χ2n) is 5.68. The SMILES string of the molecule is COc1ccc(CCNCc2cc(-c3ccc(OC)cc3)no2)cc1. The summed E-state index contributed by atoms with van der Waals surface area (Å²) in [7, 11) is 3.33. The van der Waals surface area contributed by atoms with Crippen LogP contribution in [0.1, 0.15) is 11.3 Å². The molecule has 5 heteroatoms. The van der Waals surface area contributed by atoms with Crippen molar-refractivity contribution in [3.05, 3.63) is 65.9 Å².